The highest BCUT2D eigenvalue weighted by atomic mass is 35.5. The largest absolute Gasteiger partial charge is 0.352 e. The molecule has 0 bridgehead atoms. The van der Waals surface area contributed by atoms with Crippen LogP contribution in [0.2, 0.25) is 5.02 Å². The number of nitrogens with zero attached hydrogens (tertiary/aromatic N) is 2. The summed E-state index contributed by atoms with van der Waals surface area (Å²) in [5.74, 6) is -0.732. The molecule has 0 saturated carbocycles. The standard InChI is InChI=1S/C21H22ClN3O3/c22-17-10-5-3-8-15(17)14-23-19(26)12-2-1-7-13-25-20(27)16-9-4-6-11-18(16)24-21(25)28/h3-6,8-11,16H,1-2,7,12-14H2,(H,23,26). The summed E-state index contributed by atoms with van der Waals surface area (Å²) in [6, 6.07) is 6.88. The van der Waals surface area contributed by atoms with Gasteiger partial charge >= 0.3 is 6.03 Å². The Morgan fingerprint density at radius 2 is 1.96 bits per heavy atom. The van der Waals surface area contributed by atoms with E-state index in [1.165, 1.54) is 4.90 Å². The first-order valence-corrected chi connectivity index (χ1v) is 9.73. The van der Waals surface area contributed by atoms with Crippen LogP contribution < -0.4 is 5.32 Å². The molecular weight excluding hydrogens is 378 g/mol. The number of hydrogen-bond acceptors (Lipinski definition) is 3. The molecule has 1 atom stereocenters. The second-order valence-corrected chi connectivity index (χ2v) is 7.12. The van der Waals surface area contributed by atoms with E-state index >= 15 is 0 Å². The van der Waals surface area contributed by atoms with Crippen LogP contribution in [0.3, 0.4) is 0 Å². The molecule has 1 aromatic carbocycles. The summed E-state index contributed by atoms with van der Waals surface area (Å²) in [7, 11) is 0. The normalized spacial score (nSPS) is 18.1. The number of imide groups is 1. The number of urea groups is 1. The molecule has 0 radical (unpaired) electrons. The highest BCUT2D eigenvalue weighted by molar-refractivity contribution is 6.31. The second-order valence-electron chi connectivity index (χ2n) is 6.71. The molecule has 1 aliphatic carbocycles. The molecule has 1 aromatic rings. The van der Waals surface area contributed by atoms with E-state index in [2.05, 4.69) is 10.3 Å². The summed E-state index contributed by atoms with van der Waals surface area (Å²) in [6.07, 6.45) is 9.47. The number of amides is 4. The van der Waals surface area contributed by atoms with Crippen LogP contribution >= 0.6 is 11.6 Å². The number of aliphatic imine (C=N–C) groups is 1. The lowest BCUT2D eigenvalue weighted by Crippen LogP contribution is -2.46. The lowest BCUT2D eigenvalue weighted by molar-refractivity contribution is -0.129. The zero-order valence-corrected chi connectivity index (χ0v) is 16.2. The molecule has 1 unspecified atom stereocenters. The molecule has 3 rings (SSSR count). The van der Waals surface area contributed by atoms with E-state index in [9.17, 15) is 14.4 Å². The molecule has 1 aliphatic heterocycles. The maximum atomic E-state index is 12.5. The molecule has 146 valence electrons. The van der Waals surface area contributed by atoms with Crippen molar-refractivity contribution in [3.63, 3.8) is 0 Å². The first-order valence-electron chi connectivity index (χ1n) is 9.35. The fourth-order valence-corrected chi connectivity index (χ4v) is 3.34. The molecule has 1 heterocycles. The van der Waals surface area contributed by atoms with E-state index in [1.807, 2.05) is 18.2 Å². The molecule has 0 aromatic heterocycles. The molecule has 28 heavy (non-hydrogen) atoms. The van der Waals surface area contributed by atoms with Crippen LogP contribution in [0.1, 0.15) is 31.2 Å². The van der Waals surface area contributed by atoms with E-state index in [-0.39, 0.29) is 11.8 Å². The van der Waals surface area contributed by atoms with Gasteiger partial charge in [-0.3, -0.25) is 14.5 Å². The van der Waals surface area contributed by atoms with Crippen molar-refractivity contribution in [2.45, 2.75) is 32.2 Å². The predicted molar refractivity (Wildman–Crippen MR) is 108 cm³/mol. The monoisotopic (exact) mass is 399 g/mol. The number of carbonyl (C=O) groups is 3. The van der Waals surface area contributed by atoms with Crippen molar-refractivity contribution in [1.82, 2.24) is 10.2 Å². The van der Waals surface area contributed by atoms with Gasteiger partial charge in [0.2, 0.25) is 11.8 Å². The van der Waals surface area contributed by atoms with Crippen LogP contribution in [0.15, 0.2) is 53.6 Å². The van der Waals surface area contributed by atoms with Gasteiger partial charge in [-0.25, -0.2) is 4.79 Å². The minimum absolute atomic E-state index is 0.0431. The molecule has 0 spiro atoms. The molecule has 1 N–H and O–H groups in total. The van der Waals surface area contributed by atoms with Crippen molar-refractivity contribution in [3.8, 4) is 0 Å². The lowest BCUT2D eigenvalue weighted by Gasteiger charge is -2.28. The Morgan fingerprint density at radius 3 is 2.79 bits per heavy atom. The lowest BCUT2D eigenvalue weighted by atomic mass is 9.95. The average molecular weight is 400 g/mol. The van der Waals surface area contributed by atoms with Crippen LogP contribution in [0.4, 0.5) is 4.79 Å². The summed E-state index contributed by atoms with van der Waals surface area (Å²) in [6.45, 7) is 0.725. The molecule has 7 heteroatoms. The molecule has 0 saturated heterocycles. The number of hydrogen-bond donors (Lipinski definition) is 1. The van der Waals surface area contributed by atoms with E-state index in [0.29, 0.717) is 43.1 Å². The van der Waals surface area contributed by atoms with E-state index in [0.717, 1.165) is 12.0 Å². The van der Waals surface area contributed by atoms with Crippen molar-refractivity contribution in [3.05, 3.63) is 59.2 Å². The average Bonchev–Trinajstić information content (AvgIpc) is 2.69. The maximum absolute atomic E-state index is 12.5. The topological polar surface area (TPSA) is 78.8 Å². The minimum Gasteiger partial charge on any atom is -0.352 e. The van der Waals surface area contributed by atoms with Crippen molar-refractivity contribution < 1.29 is 14.4 Å². The molecule has 4 amide bonds. The Labute approximate surface area is 169 Å². The van der Waals surface area contributed by atoms with Gasteiger partial charge in [0.15, 0.2) is 0 Å². The third-order valence-corrected chi connectivity index (χ3v) is 5.08. The molecule has 6 nitrogen and oxygen atoms in total. The van der Waals surface area contributed by atoms with Gasteiger partial charge in [-0.05, 0) is 30.5 Å². The first kappa shape index (κ1) is 20.0. The minimum atomic E-state index is -0.506. The Morgan fingerprint density at radius 1 is 1.14 bits per heavy atom. The zero-order valence-electron chi connectivity index (χ0n) is 15.4. The molecular formula is C21H22ClN3O3. The van der Waals surface area contributed by atoms with Gasteiger partial charge in [0.25, 0.3) is 0 Å². The zero-order chi connectivity index (χ0) is 19.9. The first-order chi connectivity index (χ1) is 13.6. The fourth-order valence-electron chi connectivity index (χ4n) is 3.14. The molecule has 2 aliphatic rings. The Bertz CT molecular complexity index is 860. The SMILES string of the molecule is O=C(CCCCCN1C(=O)N=C2C=CC=CC2C1=O)NCc1ccccc1Cl. The summed E-state index contributed by atoms with van der Waals surface area (Å²) in [4.78, 5) is 41.7. The summed E-state index contributed by atoms with van der Waals surface area (Å²) < 4.78 is 0. The number of fused-ring (bicyclic) bond motifs is 1. The number of allylic oxidation sites excluding steroid dienone is 3. The van der Waals surface area contributed by atoms with Crippen molar-refractivity contribution in [2.24, 2.45) is 10.9 Å². The van der Waals surface area contributed by atoms with Crippen LogP contribution in [0.5, 0.6) is 0 Å². The van der Waals surface area contributed by atoms with Crippen LogP contribution in [-0.4, -0.2) is 35.0 Å². The Kier molecular flexibility index (Phi) is 6.76. The van der Waals surface area contributed by atoms with Gasteiger partial charge in [-0.1, -0.05) is 54.4 Å². The fraction of sp³-hybridized carbons (Fsp3) is 0.333. The number of carbonyl (C=O) groups excluding carboxylic acids is 3. The summed E-state index contributed by atoms with van der Waals surface area (Å²) in [5, 5.41) is 3.48. The van der Waals surface area contributed by atoms with E-state index in [1.54, 1.807) is 30.4 Å². The van der Waals surface area contributed by atoms with E-state index < -0.39 is 11.9 Å². The van der Waals surface area contributed by atoms with Gasteiger partial charge in [-0.15, -0.1) is 0 Å². The number of nitrogens with one attached hydrogen (secondary N) is 1. The van der Waals surface area contributed by atoms with Gasteiger partial charge in [0.1, 0.15) is 0 Å². The smallest absolute Gasteiger partial charge is 0.350 e. The number of halogens is 1. The quantitative estimate of drug-likeness (QED) is 0.677. The highest BCUT2D eigenvalue weighted by Gasteiger charge is 2.35. The van der Waals surface area contributed by atoms with Crippen molar-refractivity contribution in [1.29, 1.82) is 0 Å². The summed E-state index contributed by atoms with van der Waals surface area (Å²) in [5.41, 5.74) is 1.38. The number of unbranched alkanes of at least 4 members (excludes halogenated alkanes) is 2. The Hall–Kier alpha value is -2.73. The third kappa shape index (κ3) is 4.95. The summed E-state index contributed by atoms with van der Waals surface area (Å²) >= 11 is 6.07. The predicted octanol–water partition coefficient (Wildman–Crippen LogP) is 3.66. The van der Waals surface area contributed by atoms with Gasteiger partial charge in [0.05, 0.1) is 11.6 Å². The Balaban J connectivity index is 1.36. The molecule has 0 fully saturated rings. The van der Waals surface area contributed by atoms with Crippen LogP contribution in [-0.2, 0) is 16.1 Å². The maximum Gasteiger partial charge on any atom is 0.350 e. The van der Waals surface area contributed by atoms with Crippen molar-refractivity contribution in [2.75, 3.05) is 6.54 Å². The highest BCUT2D eigenvalue weighted by Crippen LogP contribution is 2.20. The second kappa shape index (κ2) is 9.46. The van der Waals surface area contributed by atoms with E-state index in [4.69, 9.17) is 11.6 Å². The van der Waals surface area contributed by atoms with Crippen LogP contribution in [0.25, 0.3) is 0 Å². The van der Waals surface area contributed by atoms with Gasteiger partial charge in [-0.2, -0.15) is 4.99 Å². The number of benzene rings is 1. The number of rotatable bonds is 8. The van der Waals surface area contributed by atoms with Crippen molar-refractivity contribution >= 4 is 35.2 Å². The van der Waals surface area contributed by atoms with Crippen LogP contribution in [0, 0.1) is 5.92 Å². The van der Waals surface area contributed by atoms with Gasteiger partial charge < -0.3 is 5.32 Å². The third-order valence-electron chi connectivity index (χ3n) is 4.71. The van der Waals surface area contributed by atoms with Gasteiger partial charge in [0, 0.05) is 24.5 Å².